The van der Waals surface area contributed by atoms with Crippen LogP contribution < -0.4 is 10.6 Å². The number of piperidine rings is 1. The van der Waals surface area contributed by atoms with Crippen LogP contribution in [0.15, 0.2) is 0 Å². The number of hydrogen-bond donors (Lipinski definition) is 2. The van der Waals surface area contributed by atoms with Crippen LogP contribution in [0.25, 0.3) is 0 Å². The molecule has 2 aliphatic rings. The van der Waals surface area contributed by atoms with E-state index < -0.39 is 0 Å². The minimum atomic E-state index is 0.685. The van der Waals surface area contributed by atoms with Crippen LogP contribution in [0.1, 0.15) is 51.9 Å². The van der Waals surface area contributed by atoms with Gasteiger partial charge in [0.05, 0.1) is 0 Å². The van der Waals surface area contributed by atoms with Crippen molar-refractivity contribution in [1.29, 1.82) is 0 Å². The summed E-state index contributed by atoms with van der Waals surface area (Å²) < 4.78 is 0. The average molecular weight is 224 g/mol. The van der Waals surface area contributed by atoms with E-state index in [0.29, 0.717) is 5.41 Å². The molecule has 2 nitrogen and oxygen atoms in total. The van der Waals surface area contributed by atoms with Gasteiger partial charge < -0.3 is 10.6 Å². The lowest BCUT2D eigenvalue weighted by atomic mass is 9.67. The van der Waals surface area contributed by atoms with Crippen molar-refractivity contribution in [2.45, 2.75) is 51.9 Å². The van der Waals surface area contributed by atoms with Gasteiger partial charge in [0.25, 0.3) is 0 Å². The van der Waals surface area contributed by atoms with Crippen LogP contribution in [-0.4, -0.2) is 26.2 Å². The first-order valence-corrected chi connectivity index (χ1v) is 7.26. The zero-order valence-corrected chi connectivity index (χ0v) is 10.9. The van der Waals surface area contributed by atoms with Crippen LogP contribution in [0.5, 0.6) is 0 Å². The van der Waals surface area contributed by atoms with Gasteiger partial charge in [-0.25, -0.2) is 0 Å². The summed E-state index contributed by atoms with van der Waals surface area (Å²) >= 11 is 0. The fourth-order valence-electron chi connectivity index (χ4n) is 3.16. The SMILES string of the molecule is CCC1(CNCCC2CCCNC2)CCC1. The lowest BCUT2D eigenvalue weighted by molar-refractivity contribution is 0.123. The van der Waals surface area contributed by atoms with Gasteiger partial charge in [-0.05, 0) is 69.5 Å². The molecule has 2 fully saturated rings. The zero-order chi connectivity index (χ0) is 11.3. The maximum absolute atomic E-state index is 3.70. The van der Waals surface area contributed by atoms with E-state index in [1.54, 1.807) is 0 Å². The van der Waals surface area contributed by atoms with Crippen molar-refractivity contribution in [1.82, 2.24) is 10.6 Å². The Hall–Kier alpha value is -0.0800. The van der Waals surface area contributed by atoms with E-state index in [2.05, 4.69) is 17.6 Å². The number of rotatable bonds is 6. The Labute approximate surface area is 101 Å². The third kappa shape index (κ3) is 3.21. The summed E-state index contributed by atoms with van der Waals surface area (Å²) in [5, 5.41) is 7.20. The summed E-state index contributed by atoms with van der Waals surface area (Å²) in [6.45, 7) is 7.34. The highest BCUT2D eigenvalue weighted by atomic mass is 14.9. The average Bonchev–Trinajstić information content (AvgIpc) is 2.29. The van der Waals surface area contributed by atoms with Crippen LogP contribution >= 0.6 is 0 Å². The molecule has 2 N–H and O–H groups in total. The summed E-state index contributed by atoms with van der Waals surface area (Å²) in [5.74, 6) is 0.931. The van der Waals surface area contributed by atoms with Gasteiger partial charge in [0.2, 0.25) is 0 Å². The molecule has 1 saturated carbocycles. The van der Waals surface area contributed by atoms with Crippen molar-refractivity contribution in [2.75, 3.05) is 26.2 Å². The molecular weight excluding hydrogens is 196 g/mol. The van der Waals surface area contributed by atoms with Gasteiger partial charge in [-0.1, -0.05) is 13.3 Å². The fraction of sp³-hybridized carbons (Fsp3) is 1.00. The van der Waals surface area contributed by atoms with Crippen molar-refractivity contribution < 1.29 is 0 Å². The molecule has 2 heteroatoms. The third-order valence-electron chi connectivity index (χ3n) is 4.79. The Balaban J connectivity index is 1.54. The van der Waals surface area contributed by atoms with E-state index in [-0.39, 0.29) is 0 Å². The van der Waals surface area contributed by atoms with Crippen LogP contribution in [0.4, 0.5) is 0 Å². The van der Waals surface area contributed by atoms with Crippen LogP contribution in [-0.2, 0) is 0 Å². The molecule has 0 aromatic carbocycles. The molecular formula is C14H28N2. The number of nitrogens with one attached hydrogen (secondary N) is 2. The minimum Gasteiger partial charge on any atom is -0.316 e. The van der Waals surface area contributed by atoms with E-state index in [9.17, 15) is 0 Å². The van der Waals surface area contributed by atoms with E-state index >= 15 is 0 Å². The molecule has 0 spiro atoms. The van der Waals surface area contributed by atoms with Crippen molar-refractivity contribution >= 4 is 0 Å². The molecule has 0 bridgehead atoms. The Kier molecular flexibility index (Phi) is 4.66. The summed E-state index contributed by atoms with van der Waals surface area (Å²) in [7, 11) is 0. The highest BCUT2D eigenvalue weighted by Crippen LogP contribution is 2.42. The topological polar surface area (TPSA) is 24.1 Å². The predicted molar refractivity (Wildman–Crippen MR) is 69.7 cm³/mol. The van der Waals surface area contributed by atoms with Gasteiger partial charge in [0, 0.05) is 6.54 Å². The lowest BCUT2D eigenvalue weighted by Crippen LogP contribution is -2.40. The quantitative estimate of drug-likeness (QED) is 0.678. The molecule has 0 amide bonds. The molecule has 16 heavy (non-hydrogen) atoms. The molecule has 0 aromatic rings. The van der Waals surface area contributed by atoms with E-state index in [1.165, 1.54) is 71.1 Å². The second-order valence-electron chi connectivity index (χ2n) is 5.88. The Bertz CT molecular complexity index is 187. The first-order chi connectivity index (χ1) is 7.85. The summed E-state index contributed by atoms with van der Waals surface area (Å²) in [4.78, 5) is 0. The largest absolute Gasteiger partial charge is 0.316 e. The van der Waals surface area contributed by atoms with Gasteiger partial charge in [-0.2, -0.15) is 0 Å². The minimum absolute atomic E-state index is 0.685. The molecule has 1 aliphatic heterocycles. The van der Waals surface area contributed by atoms with E-state index in [1.807, 2.05) is 0 Å². The van der Waals surface area contributed by atoms with Crippen LogP contribution in [0, 0.1) is 11.3 Å². The second kappa shape index (κ2) is 6.02. The monoisotopic (exact) mass is 224 g/mol. The highest BCUT2D eigenvalue weighted by Gasteiger charge is 2.34. The second-order valence-corrected chi connectivity index (χ2v) is 5.88. The van der Waals surface area contributed by atoms with Crippen LogP contribution in [0.3, 0.4) is 0 Å². The van der Waals surface area contributed by atoms with Crippen molar-refractivity contribution in [3.63, 3.8) is 0 Å². The highest BCUT2D eigenvalue weighted by molar-refractivity contribution is 4.88. The molecule has 1 atom stereocenters. The Morgan fingerprint density at radius 1 is 1.31 bits per heavy atom. The van der Waals surface area contributed by atoms with Gasteiger partial charge in [-0.15, -0.1) is 0 Å². The van der Waals surface area contributed by atoms with Crippen molar-refractivity contribution in [3.05, 3.63) is 0 Å². The lowest BCUT2D eigenvalue weighted by Gasteiger charge is -2.41. The predicted octanol–water partition coefficient (Wildman–Crippen LogP) is 2.55. The summed E-state index contributed by atoms with van der Waals surface area (Å²) in [5.41, 5.74) is 0.685. The Morgan fingerprint density at radius 2 is 2.19 bits per heavy atom. The number of hydrogen-bond acceptors (Lipinski definition) is 2. The maximum atomic E-state index is 3.70. The van der Waals surface area contributed by atoms with Gasteiger partial charge in [0.1, 0.15) is 0 Å². The molecule has 1 aliphatic carbocycles. The molecule has 1 unspecified atom stereocenters. The summed E-state index contributed by atoms with van der Waals surface area (Å²) in [6.07, 6.45) is 9.93. The summed E-state index contributed by atoms with van der Waals surface area (Å²) in [6, 6.07) is 0. The van der Waals surface area contributed by atoms with Gasteiger partial charge in [-0.3, -0.25) is 0 Å². The molecule has 0 radical (unpaired) electrons. The maximum Gasteiger partial charge on any atom is 0.000770 e. The van der Waals surface area contributed by atoms with E-state index in [0.717, 1.165) is 5.92 Å². The fourth-order valence-corrected chi connectivity index (χ4v) is 3.16. The third-order valence-corrected chi connectivity index (χ3v) is 4.79. The first kappa shape index (κ1) is 12.4. The molecule has 94 valence electrons. The van der Waals surface area contributed by atoms with Crippen LogP contribution in [0.2, 0.25) is 0 Å². The Morgan fingerprint density at radius 3 is 2.75 bits per heavy atom. The first-order valence-electron chi connectivity index (χ1n) is 7.26. The molecule has 1 saturated heterocycles. The normalized spacial score (nSPS) is 28.7. The van der Waals surface area contributed by atoms with Crippen molar-refractivity contribution in [3.8, 4) is 0 Å². The van der Waals surface area contributed by atoms with Crippen molar-refractivity contribution in [2.24, 2.45) is 11.3 Å². The standard InChI is InChI=1S/C14H28N2/c1-2-14(7-4-8-14)12-16-10-6-13-5-3-9-15-11-13/h13,15-16H,2-12H2,1H3. The van der Waals surface area contributed by atoms with Gasteiger partial charge in [0.15, 0.2) is 0 Å². The smallest absolute Gasteiger partial charge is 0.000770 e. The zero-order valence-electron chi connectivity index (χ0n) is 10.9. The van der Waals surface area contributed by atoms with Gasteiger partial charge >= 0.3 is 0 Å². The van der Waals surface area contributed by atoms with E-state index in [4.69, 9.17) is 0 Å². The molecule has 1 heterocycles. The molecule has 2 rings (SSSR count). The molecule has 0 aromatic heterocycles.